The summed E-state index contributed by atoms with van der Waals surface area (Å²) >= 11 is 6.00. The summed E-state index contributed by atoms with van der Waals surface area (Å²) in [4.78, 5) is 9.87. The van der Waals surface area contributed by atoms with Crippen molar-refractivity contribution in [3.8, 4) is 0 Å². The fourth-order valence-electron chi connectivity index (χ4n) is 4.21. The predicted octanol–water partition coefficient (Wildman–Crippen LogP) is 6.91. The molecule has 1 aliphatic rings. The first kappa shape index (κ1) is 26.6. The van der Waals surface area contributed by atoms with Crippen LogP contribution in [0.3, 0.4) is 0 Å². The largest absolute Gasteiger partial charge is 0.271 e. The Morgan fingerprint density at radius 1 is 0.969 bits per heavy atom. The van der Waals surface area contributed by atoms with Crippen LogP contribution < -0.4 is 11.3 Å². The van der Waals surface area contributed by atoms with E-state index >= 15 is 0 Å². The third kappa shape index (κ3) is 6.21. The molecule has 0 radical (unpaired) electrons. The van der Waals surface area contributed by atoms with Crippen LogP contribution in [0.4, 0.5) is 0 Å². The highest BCUT2D eigenvalue weighted by atomic mass is 35.5. The molecule has 0 unspecified atom stereocenters. The molecule has 4 rings (SSSR count). The van der Waals surface area contributed by atoms with Crippen LogP contribution >= 0.6 is 36.4 Å². The standard InChI is InChI=1S/C25H29ClN4.2ClH/c1-16(2)19-8-13-23-22(15-19)25(18-6-11-21(30-27)12-7-18)29-24(28-23)14-5-17-3-9-20(26)10-4-17;;/h3-5,8-10,13-16,18,21,30H,6-7,11-12,27H2,1-2H3;2*1H/t18-,21+;;. The van der Waals surface area contributed by atoms with Crippen LogP contribution in [0.5, 0.6) is 0 Å². The van der Waals surface area contributed by atoms with Gasteiger partial charge in [-0.15, -0.1) is 24.8 Å². The number of nitrogens with one attached hydrogen (secondary N) is 1. The first-order chi connectivity index (χ1) is 14.5. The van der Waals surface area contributed by atoms with Gasteiger partial charge in [0.2, 0.25) is 0 Å². The molecule has 1 aliphatic carbocycles. The fraction of sp³-hybridized carbons (Fsp3) is 0.360. The maximum Gasteiger partial charge on any atom is 0.152 e. The molecule has 0 atom stereocenters. The van der Waals surface area contributed by atoms with Crippen molar-refractivity contribution in [2.75, 3.05) is 0 Å². The van der Waals surface area contributed by atoms with Gasteiger partial charge in [-0.3, -0.25) is 11.3 Å². The number of aromatic nitrogens is 2. The third-order valence-corrected chi connectivity index (χ3v) is 6.33. The van der Waals surface area contributed by atoms with Crippen LogP contribution in [0.25, 0.3) is 23.1 Å². The second-order valence-electron chi connectivity index (χ2n) is 8.50. The minimum Gasteiger partial charge on any atom is -0.271 e. The predicted molar refractivity (Wildman–Crippen MR) is 141 cm³/mol. The lowest BCUT2D eigenvalue weighted by Crippen LogP contribution is -2.37. The summed E-state index contributed by atoms with van der Waals surface area (Å²) in [5.74, 6) is 7.33. The zero-order valence-corrected chi connectivity index (χ0v) is 20.8. The number of benzene rings is 2. The van der Waals surface area contributed by atoms with Gasteiger partial charge in [-0.2, -0.15) is 0 Å². The number of fused-ring (bicyclic) bond motifs is 1. The summed E-state index contributed by atoms with van der Waals surface area (Å²) in [6.45, 7) is 4.45. The van der Waals surface area contributed by atoms with Gasteiger partial charge in [0.05, 0.1) is 11.2 Å². The van der Waals surface area contributed by atoms with Crippen molar-refractivity contribution >= 4 is 59.5 Å². The molecular weight excluding hydrogens is 463 g/mol. The first-order valence-electron chi connectivity index (χ1n) is 10.7. The number of nitrogens with two attached hydrogens (primary N) is 1. The average Bonchev–Trinajstić information content (AvgIpc) is 2.78. The van der Waals surface area contributed by atoms with E-state index in [1.807, 2.05) is 36.4 Å². The number of hydrogen-bond acceptors (Lipinski definition) is 4. The Morgan fingerprint density at radius 2 is 1.66 bits per heavy atom. The molecule has 0 saturated heterocycles. The van der Waals surface area contributed by atoms with E-state index in [1.165, 1.54) is 16.6 Å². The summed E-state index contributed by atoms with van der Waals surface area (Å²) in [5.41, 5.74) is 7.53. The van der Waals surface area contributed by atoms with E-state index in [-0.39, 0.29) is 24.8 Å². The van der Waals surface area contributed by atoms with Crippen molar-refractivity contribution in [2.24, 2.45) is 5.84 Å². The molecule has 1 heterocycles. The molecule has 7 heteroatoms. The Morgan fingerprint density at radius 3 is 2.28 bits per heavy atom. The summed E-state index contributed by atoms with van der Waals surface area (Å²) in [5, 5.41) is 1.92. The number of hydrogen-bond donors (Lipinski definition) is 2. The van der Waals surface area contributed by atoms with Crippen molar-refractivity contribution in [1.82, 2.24) is 15.4 Å². The zero-order valence-electron chi connectivity index (χ0n) is 18.4. The van der Waals surface area contributed by atoms with E-state index in [4.69, 9.17) is 27.4 Å². The number of halogens is 3. The quantitative estimate of drug-likeness (QED) is 0.299. The summed E-state index contributed by atoms with van der Waals surface area (Å²) in [6.07, 6.45) is 8.37. The van der Waals surface area contributed by atoms with Gasteiger partial charge in [0.25, 0.3) is 0 Å². The Labute approximate surface area is 207 Å². The van der Waals surface area contributed by atoms with Gasteiger partial charge in [-0.05, 0) is 73.1 Å². The molecule has 0 aliphatic heterocycles. The summed E-state index contributed by atoms with van der Waals surface area (Å²) in [7, 11) is 0. The average molecular weight is 494 g/mol. The maximum atomic E-state index is 6.00. The number of hydrazine groups is 1. The van der Waals surface area contributed by atoms with Crippen LogP contribution in [-0.4, -0.2) is 16.0 Å². The Kier molecular flexibility index (Phi) is 9.93. The molecule has 0 bridgehead atoms. The normalized spacial score (nSPS) is 18.5. The van der Waals surface area contributed by atoms with Gasteiger partial charge in [0.15, 0.2) is 5.82 Å². The molecule has 172 valence electrons. The smallest absolute Gasteiger partial charge is 0.152 e. The minimum absolute atomic E-state index is 0. The lowest BCUT2D eigenvalue weighted by atomic mass is 9.82. The lowest BCUT2D eigenvalue weighted by molar-refractivity contribution is 0.344. The second-order valence-corrected chi connectivity index (χ2v) is 8.93. The number of nitrogens with zero attached hydrogens (tertiary/aromatic N) is 2. The topological polar surface area (TPSA) is 63.8 Å². The van der Waals surface area contributed by atoms with Crippen LogP contribution in [-0.2, 0) is 0 Å². The van der Waals surface area contributed by atoms with Crippen molar-refractivity contribution in [1.29, 1.82) is 0 Å². The molecule has 0 spiro atoms. The Balaban J connectivity index is 0.00000181. The highest BCUT2D eigenvalue weighted by Crippen LogP contribution is 2.36. The van der Waals surface area contributed by atoms with E-state index in [2.05, 4.69) is 37.5 Å². The molecule has 1 aromatic heterocycles. The van der Waals surface area contributed by atoms with Gasteiger partial charge in [-0.1, -0.05) is 49.7 Å². The molecule has 3 aromatic rings. The lowest BCUT2D eigenvalue weighted by Gasteiger charge is -2.28. The minimum atomic E-state index is 0. The van der Waals surface area contributed by atoms with E-state index in [0.717, 1.165) is 47.6 Å². The van der Waals surface area contributed by atoms with Gasteiger partial charge >= 0.3 is 0 Å². The van der Waals surface area contributed by atoms with E-state index in [1.54, 1.807) is 0 Å². The van der Waals surface area contributed by atoms with Gasteiger partial charge < -0.3 is 0 Å². The Hall–Kier alpha value is -1.69. The van der Waals surface area contributed by atoms with E-state index < -0.39 is 0 Å². The van der Waals surface area contributed by atoms with Crippen molar-refractivity contribution < 1.29 is 0 Å². The fourth-order valence-corrected chi connectivity index (χ4v) is 4.34. The molecule has 0 amide bonds. The van der Waals surface area contributed by atoms with E-state index in [9.17, 15) is 0 Å². The van der Waals surface area contributed by atoms with Crippen LogP contribution in [0.2, 0.25) is 5.02 Å². The van der Waals surface area contributed by atoms with Crippen LogP contribution in [0.1, 0.15) is 74.0 Å². The Bertz CT molecular complexity index is 1040. The number of rotatable bonds is 5. The SMILES string of the molecule is CC(C)c1ccc2nc(C=Cc3ccc(Cl)cc3)nc([C@H]3CC[C@@H](NN)CC3)c2c1.Cl.Cl. The van der Waals surface area contributed by atoms with Crippen molar-refractivity contribution in [3.63, 3.8) is 0 Å². The molecule has 1 fully saturated rings. The molecular formula is C25H31Cl3N4. The van der Waals surface area contributed by atoms with Gasteiger partial charge in [-0.25, -0.2) is 9.97 Å². The zero-order chi connectivity index (χ0) is 21.1. The van der Waals surface area contributed by atoms with E-state index in [0.29, 0.717) is 17.9 Å². The second kappa shape index (κ2) is 12.0. The molecule has 4 nitrogen and oxygen atoms in total. The van der Waals surface area contributed by atoms with Crippen molar-refractivity contribution in [2.45, 2.75) is 57.4 Å². The van der Waals surface area contributed by atoms with Crippen LogP contribution in [0.15, 0.2) is 42.5 Å². The monoisotopic (exact) mass is 492 g/mol. The molecule has 3 N–H and O–H groups in total. The first-order valence-corrected chi connectivity index (χ1v) is 11.1. The van der Waals surface area contributed by atoms with Crippen LogP contribution in [0, 0.1) is 0 Å². The highest BCUT2D eigenvalue weighted by molar-refractivity contribution is 6.30. The molecule has 32 heavy (non-hydrogen) atoms. The van der Waals surface area contributed by atoms with Crippen molar-refractivity contribution in [3.05, 3.63) is 70.1 Å². The summed E-state index contributed by atoms with van der Waals surface area (Å²) < 4.78 is 0. The summed E-state index contributed by atoms with van der Waals surface area (Å²) in [6, 6.07) is 14.8. The van der Waals surface area contributed by atoms with Gasteiger partial charge in [0, 0.05) is 22.4 Å². The third-order valence-electron chi connectivity index (χ3n) is 6.08. The highest BCUT2D eigenvalue weighted by Gasteiger charge is 2.25. The maximum absolute atomic E-state index is 6.00. The molecule has 2 aromatic carbocycles. The van der Waals surface area contributed by atoms with Gasteiger partial charge in [0.1, 0.15) is 0 Å². The molecule has 1 saturated carbocycles.